The highest BCUT2D eigenvalue weighted by Gasteiger charge is 2.20. The average Bonchev–Trinajstić information content (AvgIpc) is 2.77. The number of hydrogen-bond donors (Lipinski definition) is 2. The lowest BCUT2D eigenvalue weighted by molar-refractivity contribution is 0.0337. The van der Waals surface area contributed by atoms with Crippen molar-refractivity contribution < 1.29 is 18.7 Å². The summed E-state index contributed by atoms with van der Waals surface area (Å²) in [4.78, 5) is 19.0. The minimum atomic E-state index is -0.274. The highest BCUT2D eigenvalue weighted by atomic mass is 19.1. The van der Waals surface area contributed by atoms with Crippen molar-refractivity contribution in [3.63, 3.8) is 0 Å². The van der Waals surface area contributed by atoms with Crippen LogP contribution in [0.5, 0.6) is 0 Å². The van der Waals surface area contributed by atoms with Gasteiger partial charge in [-0.05, 0) is 30.5 Å². The first kappa shape index (κ1) is 20.7. The fourth-order valence-electron chi connectivity index (χ4n) is 3.78. The van der Waals surface area contributed by atoms with Crippen molar-refractivity contribution in [2.24, 2.45) is 0 Å². The monoisotopic (exact) mass is 414 g/mol. The molecular weight excluding hydrogens is 387 g/mol. The van der Waals surface area contributed by atoms with Gasteiger partial charge in [-0.3, -0.25) is 9.69 Å². The van der Waals surface area contributed by atoms with Crippen LogP contribution in [0.3, 0.4) is 0 Å². The van der Waals surface area contributed by atoms with Gasteiger partial charge in [-0.15, -0.1) is 0 Å². The van der Waals surface area contributed by atoms with Gasteiger partial charge in [-0.2, -0.15) is 0 Å². The van der Waals surface area contributed by atoms with Gasteiger partial charge in [0.05, 0.1) is 18.8 Å². The Morgan fingerprint density at radius 3 is 2.60 bits per heavy atom. The van der Waals surface area contributed by atoms with Crippen molar-refractivity contribution in [1.29, 1.82) is 0 Å². The van der Waals surface area contributed by atoms with Crippen LogP contribution in [0.2, 0.25) is 0 Å². The van der Waals surface area contributed by atoms with Crippen molar-refractivity contribution >= 4 is 11.7 Å². The van der Waals surface area contributed by atoms with Gasteiger partial charge in [0, 0.05) is 56.2 Å². The molecule has 8 heteroatoms. The van der Waals surface area contributed by atoms with E-state index in [1.807, 2.05) is 6.07 Å². The molecule has 0 atom stereocenters. The molecule has 1 aromatic heterocycles. The molecule has 2 saturated heterocycles. The Labute approximate surface area is 175 Å². The van der Waals surface area contributed by atoms with Crippen LogP contribution in [0, 0.1) is 5.82 Å². The number of benzene rings is 1. The number of anilines is 1. The number of morpholine rings is 1. The Bertz CT molecular complexity index is 896. The van der Waals surface area contributed by atoms with Gasteiger partial charge in [0.2, 0.25) is 0 Å². The third-order valence-electron chi connectivity index (χ3n) is 5.60. The Kier molecular flexibility index (Phi) is 6.56. The third kappa shape index (κ3) is 4.95. The number of nitrogens with one attached hydrogen (secondary N) is 1. The number of aromatic nitrogens is 1. The molecule has 3 heterocycles. The van der Waals surface area contributed by atoms with Gasteiger partial charge in [-0.25, -0.2) is 9.37 Å². The average molecular weight is 414 g/mol. The molecule has 0 spiro atoms. The van der Waals surface area contributed by atoms with Crippen LogP contribution < -0.4 is 11.1 Å². The van der Waals surface area contributed by atoms with E-state index >= 15 is 0 Å². The zero-order valence-electron chi connectivity index (χ0n) is 16.9. The summed E-state index contributed by atoms with van der Waals surface area (Å²) in [6, 6.07) is 6.87. The van der Waals surface area contributed by atoms with Crippen molar-refractivity contribution in [1.82, 2.24) is 15.2 Å². The lowest BCUT2D eigenvalue weighted by atomic mass is 10.0. The van der Waals surface area contributed by atoms with E-state index in [2.05, 4.69) is 15.2 Å². The summed E-state index contributed by atoms with van der Waals surface area (Å²) in [7, 11) is 0. The summed E-state index contributed by atoms with van der Waals surface area (Å²) in [5.41, 5.74) is 8.20. The molecule has 0 bridgehead atoms. The van der Waals surface area contributed by atoms with Crippen LogP contribution >= 0.6 is 0 Å². The first-order valence-electron chi connectivity index (χ1n) is 10.3. The quantitative estimate of drug-likeness (QED) is 0.780. The number of halogens is 1. The number of carbonyl (C=O) groups excluding carboxylic acids is 1. The van der Waals surface area contributed by atoms with E-state index in [1.54, 1.807) is 18.3 Å². The second-order valence-electron chi connectivity index (χ2n) is 7.71. The molecule has 0 aliphatic carbocycles. The fraction of sp³-hybridized carbons (Fsp3) is 0.455. The minimum Gasteiger partial charge on any atom is -0.383 e. The second kappa shape index (κ2) is 9.51. The molecule has 30 heavy (non-hydrogen) atoms. The number of ether oxygens (including phenoxy) is 2. The molecule has 160 valence electrons. The Balaban J connectivity index is 1.50. The number of pyridine rings is 1. The summed E-state index contributed by atoms with van der Waals surface area (Å²) in [6.45, 7) is 4.77. The number of nitrogens with two attached hydrogens (primary N) is 1. The molecule has 7 nitrogen and oxygen atoms in total. The largest absolute Gasteiger partial charge is 0.383 e. The summed E-state index contributed by atoms with van der Waals surface area (Å²) in [5, 5.41) is 2.99. The van der Waals surface area contributed by atoms with E-state index in [9.17, 15) is 9.18 Å². The van der Waals surface area contributed by atoms with Gasteiger partial charge < -0.3 is 20.5 Å². The molecule has 0 radical (unpaired) electrons. The van der Waals surface area contributed by atoms with Crippen LogP contribution in [-0.4, -0.2) is 61.3 Å². The number of carbonyl (C=O) groups is 1. The summed E-state index contributed by atoms with van der Waals surface area (Å²) in [5.74, 6) is -0.380. The van der Waals surface area contributed by atoms with Crippen molar-refractivity contribution in [3.8, 4) is 11.1 Å². The molecular formula is C22H27FN4O3. The smallest absolute Gasteiger partial charge is 0.255 e. The zero-order chi connectivity index (χ0) is 20.9. The number of hydrogen-bond acceptors (Lipinski definition) is 6. The van der Waals surface area contributed by atoms with E-state index in [0.717, 1.165) is 25.9 Å². The van der Waals surface area contributed by atoms with Crippen molar-refractivity contribution in [3.05, 3.63) is 47.4 Å². The van der Waals surface area contributed by atoms with E-state index in [1.165, 1.54) is 6.07 Å². The number of rotatable bonds is 5. The lowest BCUT2D eigenvalue weighted by Gasteiger charge is -2.26. The Morgan fingerprint density at radius 1 is 1.13 bits per heavy atom. The van der Waals surface area contributed by atoms with Gasteiger partial charge >= 0.3 is 0 Å². The predicted octanol–water partition coefficient (Wildman–Crippen LogP) is 2.21. The number of nitrogens with zero attached hydrogens (tertiary/aromatic N) is 2. The molecule has 0 unspecified atom stereocenters. The van der Waals surface area contributed by atoms with Crippen molar-refractivity contribution in [2.45, 2.75) is 25.4 Å². The molecule has 2 aliphatic heterocycles. The van der Waals surface area contributed by atoms with Gasteiger partial charge in [0.25, 0.3) is 5.91 Å². The van der Waals surface area contributed by atoms with Gasteiger partial charge in [0.1, 0.15) is 11.6 Å². The fourth-order valence-corrected chi connectivity index (χ4v) is 3.78. The van der Waals surface area contributed by atoms with Crippen LogP contribution in [0.4, 0.5) is 10.2 Å². The molecule has 0 saturated carbocycles. The predicted molar refractivity (Wildman–Crippen MR) is 111 cm³/mol. The molecule has 2 aromatic rings. The van der Waals surface area contributed by atoms with Crippen LogP contribution in [0.15, 0.2) is 30.5 Å². The SMILES string of the molecule is Nc1ncc(-c2ccc(CN3CCOCC3)c(F)c2)cc1C(=O)NC1CCOCC1. The normalized spacial score (nSPS) is 18.3. The maximum Gasteiger partial charge on any atom is 0.255 e. The highest BCUT2D eigenvalue weighted by Crippen LogP contribution is 2.25. The first-order valence-corrected chi connectivity index (χ1v) is 10.3. The van der Waals surface area contributed by atoms with Gasteiger partial charge in [0.15, 0.2) is 0 Å². The second-order valence-corrected chi connectivity index (χ2v) is 7.71. The first-order chi connectivity index (χ1) is 14.6. The summed E-state index contributed by atoms with van der Waals surface area (Å²) >= 11 is 0. The van der Waals surface area contributed by atoms with Crippen LogP contribution in [-0.2, 0) is 16.0 Å². The number of amides is 1. The highest BCUT2D eigenvalue weighted by molar-refractivity contribution is 5.99. The zero-order valence-corrected chi connectivity index (χ0v) is 16.9. The molecule has 2 fully saturated rings. The minimum absolute atomic E-state index is 0.0613. The third-order valence-corrected chi connectivity index (χ3v) is 5.60. The molecule has 2 aliphatic rings. The molecule has 1 aromatic carbocycles. The van der Waals surface area contributed by atoms with Crippen LogP contribution in [0.25, 0.3) is 11.1 Å². The lowest BCUT2D eigenvalue weighted by Crippen LogP contribution is -2.39. The Hall–Kier alpha value is -2.55. The standard InChI is InChI=1S/C22H27FN4O3/c23-20-12-15(1-2-16(20)14-27-5-9-30-10-6-27)17-11-19(21(24)25-13-17)22(28)26-18-3-7-29-8-4-18/h1-2,11-13,18H,3-10,14H2,(H2,24,25)(H,26,28). The van der Waals surface area contributed by atoms with Crippen molar-refractivity contribution in [2.75, 3.05) is 45.3 Å². The molecule has 3 N–H and O–H groups in total. The van der Waals surface area contributed by atoms with E-state index < -0.39 is 0 Å². The molecule has 4 rings (SSSR count). The summed E-state index contributed by atoms with van der Waals surface area (Å²) < 4.78 is 25.4. The topological polar surface area (TPSA) is 89.7 Å². The van der Waals surface area contributed by atoms with Gasteiger partial charge in [-0.1, -0.05) is 12.1 Å². The molecule has 1 amide bonds. The maximum atomic E-state index is 14.7. The van der Waals surface area contributed by atoms with E-state index in [-0.39, 0.29) is 23.6 Å². The van der Waals surface area contributed by atoms with Crippen LogP contribution in [0.1, 0.15) is 28.8 Å². The number of nitrogen functional groups attached to an aromatic ring is 1. The van der Waals surface area contributed by atoms with E-state index in [4.69, 9.17) is 15.2 Å². The maximum absolute atomic E-state index is 14.7. The van der Waals surface area contributed by atoms with E-state index in [0.29, 0.717) is 55.2 Å². The summed E-state index contributed by atoms with van der Waals surface area (Å²) in [6.07, 6.45) is 3.11. The Morgan fingerprint density at radius 2 is 1.87 bits per heavy atom.